The Labute approximate surface area is 141 Å². The fourth-order valence-corrected chi connectivity index (χ4v) is 3.51. The Balaban J connectivity index is 1.93. The van der Waals surface area contributed by atoms with Crippen LogP contribution in [0.5, 0.6) is 17.2 Å². The molecular weight excluding hydrogens is 312 g/mol. The highest BCUT2D eigenvalue weighted by Gasteiger charge is 2.35. The molecule has 1 aromatic carbocycles. The van der Waals surface area contributed by atoms with Crippen molar-refractivity contribution in [1.82, 2.24) is 9.80 Å². The molecule has 0 unspecified atom stereocenters. The summed E-state index contributed by atoms with van der Waals surface area (Å²) >= 11 is 0. The Hall–Kier alpha value is -1.99. The molecule has 7 nitrogen and oxygen atoms in total. The Morgan fingerprint density at radius 2 is 1.83 bits per heavy atom. The standard InChI is InChI=1S/C17H24N2O5/c1-18-6-11-7-19(13(8-18)10-24-9-11)17(21)12-4-14(22-2)16(20)15(5-12)23-3/h4-5,11,13,20H,6-10H2,1-3H3/t11-,13-/m0/s1. The predicted molar refractivity (Wildman–Crippen MR) is 87.8 cm³/mol. The van der Waals surface area contributed by atoms with Crippen molar-refractivity contribution in [3.63, 3.8) is 0 Å². The van der Waals surface area contributed by atoms with Gasteiger partial charge in [0.1, 0.15) is 0 Å². The molecule has 0 radical (unpaired) electrons. The molecule has 0 spiro atoms. The molecule has 1 N–H and O–H groups in total. The van der Waals surface area contributed by atoms with Crippen LogP contribution in [-0.4, -0.2) is 81.0 Å². The van der Waals surface area contributed by atoms with Gasteiger partial charge in [-0.2, -0.15) is 0 Å². The summed E-state index contributed by atoms with van der Waals surface area (Å²) in [5, 5.41) is 10.0. The number of phenols is 1. The van der Waals surface area contributed by atoms with Gasteiger partial charge in [0.05, 0.1) is 33.5 Å². The van der Waals surface area contributed by atoms with Crippen LogP contribution >= 0.6 is 0 Å². The highest BCUT2D eigenvalue weighted by molar-refractivity contribution is 5.96. The Bertz CT molecular complexity index is 596. The highest BCUT2D eigenvalue weighted by atomic mass is 16.5. The van der Waals surface area contributed by atoms with Gasteiger partial charge in [0, 0.05) is 31.1 Å². The number of nitrogens with zero attached hydrogens (tertiary/aromatic N) is 2. The average molecular weight is 336 g/mol. The van der Waals surface area contributed by atoms with Gasteiger partial charge in [0.2, 0.25) is 5.75 Å². The van der Waals surface area contributed by atoms with Gasteiger partial charge in [-0.15, -0.1) is 0 Å². The second-order valence-electron chi connectivity index (χ2n) is 6.47. The quantitative estimate of drug-likeness (QED) is 0.881. The fourth-order valence-electron chi connectivity index (χ4n) is 3.51. The zero-order valence-corrected chi connectivity index (χ0v) is 14.3. The first-order valence-corrected chi connectivity index (χ1v) is 8.05. The lowest BCUT2D eigenvalue weighted by Gasteiger charge is -2.30. The van der Waals surface area contributed by atoms with Gasteiger partial charge < -0.3 is 29.1 Å². The summed E-state index contributed by atoms with van der Waals surface area (Å²) in [7, 11) is 4.97. The maximum atomic E-state index is 13.1. The highest BCUT2D eigenvalue weighted by Crippen LogP contribution is 2.37. The molecule has 0 aliphatic carbocycles. The second-order valence-corrected chi connectivity index (χ2v) is 6.47. The lowest BCUT2D eigenvalue weighted by molar-refractivity contribution is 0.0483. The molecule has 24 heavy (non-hydrogen) atoms. The molecule has 2 heterocycles. The Morgan fingerprint density at radius 3 is 2.46 bits per heavy atom. The van der Waals surface area contributed by atoms with Gasteiger partial charge in [-0.25, -0.2) is 0 Å². The third kappa shape index (κ3) is 3.14. The van der Waals surface area contributed by atoms with Gasteiger partial charge in [0.25, 0.3) is 5.91 Å². The summed E-state index contributed by atoms with van der Waals surface area (Å²) in [5.41, 5.74) is 0.441. The first-order valence-electron chi connectivity index (χ1n) is 8.05. The maximum Gasteiger partial charge on any atom is 0.254 e. The van der Waals surface area contributed by atoms with Crippen LogP contribution < -0.4 is 9.47 Å². The fraction of sp³-hybridized carbons (Fsp3) is 0.588. The molecule has 132 valence electrons. The van der Waals surface area contributed by atoms with E-state index in [1.807, 2.05) is 4.90 Å². The van der Waals surface area contributed by atoms with E-state index in [1.165, 1.54) is 14.2 Å². The van der Waals surface area contributed by atoms with Crippen LogP contribution in [0.3, 0.4) is 0 Å². The summed E-state index contributed by atoms with van der Waals surface area (Å²) in [6.45, 7) is 3.59. The van der Waals surface area contributed by atoms with E-state index >= 15 is 0 Å². The number of hydrogen-bond donors (Lipinski definition) is 1. The van der Waals surface area contributed by atoms with Crippen LogP contribution in [0.25, 0.3) is 0 Å². The lowest BCUT2D eigenvalue weighted by atomic mass is 10.1. The maximum absolute atomic E-state index is 13.1. The summed E-state index contributed by atoms with van der Waals surface area (Å²) in [6.07, 6.45) is 0. The predicted octanol–water partition coefficient (Wildman–Crippen LogP) is 0.812. The third-order valence-corrected chi connectivity index (χ3v) is 4.64. The third-order valence-electron chi connectivity index (χ3n) is 4.64. The Morgan fingerprint density at radius 1 is 1.17 bits per heavy atom. The van der Waals surface area contributed by atoms with Crippen molar-refractivity contribution in [1.29, 1.82) is 0 Å². The zero-order chi connectivity index (χ0) is 17.3. The molecule has 1 aromatic rings. The molecule has 0 aromatic heterocycles. The molecule has 1 amide bonds. The van der Waals surface area contributed by atoms with Crippen molar-refractivity contribution in [3.8, 4) is 17.2 Å². The molecule has 2 aliphatic heterocycles. The number of rotatable bonds is 3. The molecule has 2 atom stereocenters. The normalized spacial score (nSPS) is 24.4. The first kappa shape index (κ1) is 16.9. The number of benzene rings is 1. The number of fused-ring (bicyclic) bond motifs is 3. The van der Waals surface area contributed by atoms with Gasteiger partial charge in [-0.05, 0) is 19.2 Å². The van der Waals surface area contributed by atoms with E-state index in [-0.39, 0.29) is 29.2 Å². The van der Waals surface area contributed by atoms with E-state index in [9.17, 15) is 9.90 Å². The first-order chi connectivity index (χ1) is 11.5. The van der Waals surface area contributed by atoms with Gasteiger partial charge in [0.15, 0.2) is 11.5 Å². The van der Waals surface area contributed by atoms with E-state index < -0.39 is 0 Å². The number of methoxy groups -OCH3 is 2. The van der Waals surface area contributed by atoms with Crippen molar-refractivity contribution >= 4 is 5.91 Å². The Kier molecular flexibility index (Phi) is 4.82. The summed E-state index contributed by atoms with van der Waals surface area (Å²) in [4.78, 5) is 17.2. The summed E-state index contributed by atoms with van der Waals surface area (Å²) < 4.78 is 16.0. The average Bonchev–Trinajstić information content (AvgIpc) is 2.84. The SMILES string of the molecule is COc1cc(C(=O)N2C[C@H]3COC[C@@H]2CN(C)C3)cc(OC)c1O. The molecule has 7 heteroatoms. The van der Waals surface area contributed by atoms with Gasteiger partial charge >= 0.3 is 0 Å². The number of ether oxygens (including phenoxy) is 3. The molecule has 2 fully saturated rings. The van der Waals surface area contributed by atoms with Crippen LogP contribution in [0, 0.1) is 5.92 Å². The number of likely N-dealkylation sites (N-methyl/N-ethyl adjacent to an activating group) is 1. The smallest absolute Gasteiger partial charge is 0.254 e. The van der Waals surface area contributed by atoms with Crippen LogP contribution in [0.4, 0.5) is 0 Å². The van der Waals surface area contributed by atoms with Crippen molar-refractivity contribution < 1.29 is 24.1 Å². The van der Waals surface area contributed by atoms with Crippen LogP contribution in [0.15, 0.2) is 12.1 Å². The van der Waals surface area contributed by atoms with Crippen molar-refractivity contribution in [3.05, 3.63) is 17.7 Å². The molecular formula is C17H24N2O5. The number of phenolic OH excluding ortho intramolecular Hbond substituents is 1. The largest absolute Gasteiger partial charge is 0.502 e. The van der Waals surface area contributed by atoms with Gasteiger partial charge in [-0.3, -0.25) is 4.79 Å². The molecule has 2 bridgehead atoms. The van der Waals surface area contributed by atoms with E-state index in [0.717, 1.165) is 13.1 Å². The minimum atomic E-state index is -0.103. The molecule has 3 rings (SSSR count). The van der Waals surface area contributed by atoms with E-state index in [4.69, 9.17) is 14.2 Å². The second kappa shape index (κ2) is 6.86. The molecule has 2 aliphatic rings. The topological polar surface area (TPSA) is 71.5 Å². The van der Waals surface area contributed by atoms with Crippen LogP contribution in [0.1, 0.15) is 10.4 Å². The van der Waals surface area contributed by atoms with Crippen molar-refractivity contribution in [2.75, 3.05) is 54.1 Å². The molecule has 0 saturated carbocycles. The monoisotopic (exact) mass is 336 g/mol. The number of aromatic hydroxyl groups is 1. The molecule has 2 saturated heterocycles. The van der Waals surface area contributed by atoms with E-state index in [0.29, 0.717) is 31.2 Å². The van der Waals surface area contributed by atoms with E-state index in [1.54, 1.807) is 12.1 Å². The van der Waals surface area contributed by atoms with Gasteiger partial charge in [-0.1, -0.05) is 0 Å². The number of carbonyl (C=O) groups is 1. The van der Waals surface area contributed by atoms with Crippen LogP contribution in [-0.2, 0) is 4.74 Å². The minimum absolute atomic E-state index is 0.0146. The van der Waals surface area contributed by atoms with Crippen molar-refractivity contribution in [2.24, 2.45) is 5.92 Å². The van der Waals surface area contributed by atoms with Crippen LogP contribution in [0.2, 0.25) is 0 Å². The summed E-state index contributed by atoms with van der Waals surface area (Å²) in [5.74, 6) is 0.553. The number of amides is 1. The zero-order valence-electron chi connectivity index (χ0n) is 14.3. The number of hydrogen-bond acceptors (Lipinski definition) is 6. The minimum Gasteiger partial charge on any atom is -0.502 e. The van der Waals surface area contributed by atoms with Crippen molar-refractivity contribution in [2.45, 2.75) is 6.04 Å². The summed E-state index contributed by atoms with van der Waals surface area (Å²) in [6, 6.07) is 3.12. The lowest BCUT2D eigenvalue weighted by Crippen LogP contribution is -2.45. The number of carbonyl (C=O) groups excluding carboxylic acids is 1. The van der Waals surface area contributed by atoms with E-state index in [2.05, 4.69) is 11.9 Å².